The molecule has 8 rings (SSSR count). The number of aryl methyl sites for hydroxylation is 1. The number of benzene rings is 4. The smallest absolute Gasteiger partial charge is 0.230 e. The molecule has 4 heterocycles. The van der Waals surface area contributed by atoms with Crippen LogP contribution < -0.4 is 0 Å². The van der Waals surface area contributed by atoms with Gasteiger partial charge in [0.05, 0.1) is 23.7 Å². The van der Waals surface area contributed by atoms with E-state index in [1.807, 2.05) is 57.2 Å². The van der Waals surface area contributed by atoms with Crippen LogP contribution in [0.15, 0.2) is 110 Å². The third-order valence-electron chi connectivity index (χ3n) is 16.9. The fourth-order valence-corrected chi connectivity index (χ4v) is 11.9. The summed E-state index contributed by atoms with van der Waals surface area (Å²) >= 11 is 0. The molecule has 4 unspecified atom stereocenters. The van der Waals surface area contributed by atoms with E-state index in [1.165, 1.54) is 49.7 Å². The number of hydrogen-bond donors (Lipinski definition) is 3. The fourth-order valence-electron chi connectivity index (χ4n) is 11.9. The van der Waals surface area contributed by atoms with Gasteiger partial charge in [0.1, 0.15) is 17.2 Å². The highest BCUT2D eigenvalue weighted by atomic mass is 16.3. The molecule has 0 aromatic heterocycles. The molecule has 4 aromatic rings. The Bertz CT molecular complexity index is 2450. The number of phenols is 3. The molecule has 3 N–H and O–H groups in total. The van der Waals surface area contributed by atoms with Crippen molar-refractivity contribution in [3.05, 3.63) is 138 Å². The summed E-state index contributed by atoms with van der Waals surface area (Å²) in [6.07, 6.45) is 29.0. The van der Waals surface area contributed by atoms with Crippen molar-refractivity contribution in [1.82, 2.24) is 19.6 Å². The van der Waals surface area contributed by atoms with Crippen LogP contribution >= 0.6 is 0 Å². The monoisotopic (exact) mass is 1120 g/mol. The van der Waals surface area contributed by atoms with E-state index in [-0.39, 0.29) is 58.6 Å². The molecule has 450 valence electrons. The van der Waals surface area contributed by atoms with Crippen LogP contribution in [-0.4, -0.2) is 111 Å². The van der Waals surface area contributed by atoms with Gasteiger partial charge in [0.15, 0.2) is 0 Å². The molecular formula is C71H104N4O7. The number of unbranched alkanes of at least 4 members (excludes halogenated alkanes) is 5. The largest absolute Gasteiger partial charge is 0.508 e. The van der Waals surface area contributed by atoms with Gasteiger partial charge in [0.2, 0.25) is 23.6 Å². The zero-order valence-corrected chi connectivity index (χ0v) is 50.9. The lowest BCUT2D eigenvalue weighted by atomic mass is 9.91. The maximum atomic E-state index is 12.9. The van der Waals surface area contributed by atoms with Crippen molar-refractivity contribution in [3.8, 4) is 17.2 Å². The van der Waals surface area contributed by atoms with Crippen LogP contribution in [0, 0.1) is 6.92 Å². The summed E-state index contributed by atoms with van der Waals surface area (Å²) in [6, 6.07) is 30.1. The minimum atomic E-state index is -0.186. The lowest BCUT2D eigenvalue weighted by Gasteiger charge is -2.31. The maximum Gasteiger partial charge on any atom is 0.230 e. The summed E-state index contributed by atoms with van der Waals surface area (Å²) in [6.45, 7) is 19.5. The van der Waals surface area contributed by atoms with Gasteiger partial charge in [-0.15, -0.1) is 6.58 Å². The number of likely N-dealkylation sites (tertiary alicyclic amines) is 4. The Kier molecular flexibility index (Phi) is 30.8. The van der Waals surface area contributed by atoms with Gasteiger partial charge in [0.25, 0.3) is 0 Å². The van der Waals surface area contributed by atoms with Gasteiger partial charge in [-0.1, -0.05) is 144 Å². The second kappa shape index (κ2) is 37.9. The number of nitrogens with zero attached hydrogens (tertiary/aromatic N) is 4. The fraction of sp³-hybridized carbons (Fsp3) is 0.577. The quantitative estimate of drug-likeness (QED) is 0.0525. The van der Waals surface area contributed by atoms with E-state index in [4.69, 9.17) is 0 Å². The van der Waals surface area contributed by atoms with E-state index in [9.17, 15) is 34.5 Å². The number of hydrogen-bond acceptors (Lipinski definition) is 7. The second-order valence-corrected chi connectivity index (χ2v) is 23.4. The molecule has 0 saturated carbocycles. The summed E-state index contributed by atoms with van der Waals surface area (Å²) in [7, 11) is 0. The van der Waals surface area contributed by atoms with Crippen LogP contribution in [0.4, 0.5) is 0 Å². The number of para-hydroxylation sites is 1. The molecule has 4 amide bonds. The second-order valence-electron chi connectivity index (χ2n) is 23.4. The molecule has 0 radical (unpaired) electrons. The lowest BCUT2D eigenvalue weighted by molar-refractivity contribution is -0.134. The number of carbonyl (C=O) groups is 4. The standard InChI is InChI=1S/C19H27NO2.C18H27NO.2C17H25NO2/c1-2-3-4-6-9-18(16-10-12-17(21)13-11-16)19(22)20-14-7-5-8-15-20;1-3-4-8-17(16-11-9-15(2)10-12-16)18(20)19-13-6-5-7-14-19;1-2-3-9-15(14-10-5-6-11-16(14)19)17(20)18-12-7-4-8-13-18;1-2-3-10-16(14-8-7-9-15(19)13-14)17(20)18-11-5-4-6-12-18/h2,10-13,18,21H,1,3-9,14-15H2;9-12,17H,3-8,13-14H2,1-2H3;5-6,10-11,15,19H,2-4,7-9,12-13H2,1H3;7-9,13,16,19H,2-6,10-12H2,1H3. The van der Waals surface area contributed by atoms with Gasteiger partial charge < -0.3 is 34.9 Å². The lowest BCUT2D eigenvalue weighted by Crippen LogP contribution is -2.38. The molecule has 4 saturated heterocycles. The molecule has 0 aliphatic carbocycles. The number of piperidine rings is 4. The Labute approximate surface area is 494 Å². The first-order valence-electron chi connectivity index (χ1n) is 32.1. The molecule has 0 bridgehead atoms. The van der Waals surface area contributed by atoms with E-state index < -0.39 is 0 Å². The zero-order valence-electron chi connectivity index (χ0n) is 50.9. The van der Waals surface area contributed by atoms with Crippen molar-refractivity contribution in [3.63, 3.8) is 0 Å². The van der Waals surface area contributed by atoms with Crippen LogP contribution in [0.2, 0.25) is 0 Å². The Hall–Kier alpha value is -6.10. The van der Waals surface area contributed by atoms with Crippen molar-refractivity contribution in [1.29, 1.82) is 0 Å². The SMILES string of the molecule is C=CCCCCC(C(=O)N1CCCCC1)c1ccc(O)cc1.CCCCC(C(=O)N1CCCCC1)c1ccc(C)cc1.CCCCC(C(=O)N1CCCCC1)c1cccc(O)c1.CCCCC(C(=O)N1CCCCC1)c1ccccc1O. The maximum absolute atomic E-state index is 12.9. The number of rotatable bonds is 22. The summed E-state index contributed by atoms with van der Waals surface area (Å²) < 4.78 is 0. The molecule has 4 aliphatic rings. The Balaban J connectivity index is 0.000000201. The molecule has 4 aliphatic heterocycles. The van der Waals surface area contributed by atoms with Crippen molar-refractivity contribution < 1.29 is 34.5 Å². The molecule has 4 aromatic carbocycles. The summed E-state index contributed by atoms with van der Waals surface area (Å²) in [5.41, 5.74) is 5.21. The summed E-state index contributed by atoms with van der Waals surface area (Å²) in [5, 5.41) is 29.2. The normalized spacial score (nSPS) is 16.8. The van der Waals surface area contributed by atoms with E-state index in [2.05, 4.69) is 63.4 Å². The minimum Gasteiger partial charge on any atom is -0.508 e. The van der Waals surface area contributed by atoms with Gasteiger partial charge in [0, 0.05) is 57.9 Å². The number of amides is 4. The average molecular weight is 1130 g/mol. The molecular weight excluding hydrogens is 1020 g/mol. The number of allylic oxidation sites excluding steroid dienone is 1. The minimum absolute atomic E-state index is 0.0636. The predicted octanol–water partition coefficient (Wildman–Crippen LogP) is 15.9. The van der Waals surface area contributed by atoms with E-state index in [0.717, 1.165) is 191 Å². The van der Waals surface area contributed by atoms with E-state index in [0.29, 0.717) is 5.91 Å². The van der Waals surface area contributed by atoms with Crippen molar-refractivity contribution in [2.24, 2.45) is 0 Å². The first-order chi connectivity index (χ1) is 39.9. The van der Waals surface area contributed by atoms with E-state index >= 15 is 0 Å². The average Bonchev–Trinajstić information content (AvgIpc) is 3.64. The van der Waals surface area contributed by atoms with Crippen LogP contribution in [0.5, 0.6) is 17.2 Å². The predicted molar refractivity (Wildman–Crippen MR) is 335 cm³/mol. The summed E-state index contributed by atoms with van der Waals surface area (Å²) in [4.78, 5) is 59.3. The van der Waals surface area contributed by atoms with Gasteiger partial charge >= 0.3 is 0 Å². The number of phenolic OH excluding ortho intramolecular Hbond substituents is 3. The molecule has 11 heteroatoms. The zero-order chi connectivity index (χ0) is 58.9. The molecule has 11 nitrogen and oxygen atoms in total. The Morgan fingerprint density at radius 3 is 1.21 bits per heavy atom. The van der Waals surface area contributed by atoms with Gasteiger partial charge in [-0.05, 0) is 170 Å². The summed E-state index contributed by atoms with van der Waals surface area (Å²) in [5.74, 6) is 1.48. The molecule has 82 heavy (non-hydrogen) atoms. The van der Waals surface area contributed by atoms with Crippen molar-refractivity contribution in [2.75, 3.05) is 52.4 Å². The van der Waals surface area contributed by atoms with Crippen LogP contribution in [0.3, 0.4) is 0 Å². The molecule has 4 atom stereocenters. The number of carbonyl (C=O) groups excluding carboxylic acids is 4. The first-order valence-corrected chi connectivity index (χ1v) is 32.1. The Morgan fingerprint density at radius 2 is 0.805 bits per heavy atom. The highest BCUT2D eigenvalue weighted by Crippen LogP contribution is 2.34. The van der Waals surface area contributed by atoms with Gasteiger partial charge in [-0.3, -0.25) is 19.2 Å². The first kappa shape index (κ1) is 66.7. The third kappa shape index (κ3) is 22.2. The van der Waals surface area contributed by atoms with Crippen LogP contribution in [0.1, 0.15) is 233 Å². The van der Waals surface area contributed by atoms with E-state index in [1.54, 1.807) is 36.4 Å². The van der Waals surface area contributed by atoms with Crippen LogP contribution in [-0.2, 0) is 19.2 Å². The Morgan fingerprint density at radius 1 is 0.427 bits per heavy atom. The van der Waals surface area contributed by atoms with Crippen LogP contribution in [0.25, 0.3) is 0 Å². The topological polar surface area (TPSA) is 142 Å². The third-order valence-corrected chi connectivity index (χ3v) is 16.9. The highest BCUT2D eigenvalue weighted by molar-refractivity contribution is 5.86. The van der Waals surface area contributed by atoms with Crippen molar-refractivity contribution in [2.45, 2.75) is 212 Å². The van der Waals surface area contributed by atoms with Gasteiger partial charge in [-0.25, -0.2) is 0 Å². The van der Waals surface area contributed by atoms with Crippen molar-refractivity contribution >= 4 is 23.6 Å². The highest BCUT2D eigenvalue weighted by Gasteiger charge is 2.31. The van der Waals surface area contributed by atoms with Gasteiger partial charge in [-0.2, -0.15) is 0 Å². The molecule has 4 fully saturated rings. The molecule has 0 spiro atoms. The number of aromatic hydroxyl groups is 3.